The van der Waals surface area contributed by atoms with Crippen LogP contribution in [0.5, 0.6) is 0 Å². The van der Waals surface area contributed by atoms with Crippen LogP contribution in [0.15, 0.2) is 171 Å². The van der Waals surface area contributed by atoms with Crippen LogP contribution in [0.4, 0.5) is 0 Å². The van der Waals surface area contributed by atoms with E-state index in [1.54, 1.807) is 0 Å². The summed E-state index contributed by atoms with van der Waals surface area (Å²) >= 11 is 0. The zero-order chi connectivity index (χ0) is 28.5. The molecule has 7 rings (SSSR count). The summed E-state index contributed by atoms with van der Waals surface area (Å²) < 4.78 is 0. The van der Waals surface area contributed by atoms with Crippen LogP contribution < -0.4 is 0 Å². The Morgan fingerprint density at radius 2 is 0.976 bits per heavy atom. The molecule has 0 radical (unpaired) electrons. The number of hydrogen-bond acceptors (Lipinski definition) is 0. The highest BCUT2D eigenvalue weighted by Crippen LogP contribution is 2.44. The van der Waals surface area contributed by atoms with Gasteiger partial charge < -0.3 is 0 Å². The fourth-order valence-corrected chi connectivity index (χ4v) is 6.31. The molecule has 0 bridgehead atoms. The Morgan fingerprint density at radius 1 is 0.452 bits per heavy atom. The normalized spacial score (nSPS) is 11.7. The van der Waals surface area contributed by atoms with E-state index in [0.717, 1.165) is 11.1 Å². The maximum atomic E-state index is 4.03. The summed E-state index contributed by atoms with van der Waals surface area (Å²) in [6.07, 6.45) is 5.71. The predicted molar refractivity (Wildman–Crippen MR) is 184 cm³/mol. The lowest BCUT2D eigenvalue weighted by Crippen LogP contribution is -1.92. The van der Waals surface area contributed by atoms with E-state index in [1.807, 2.05) is 18.2 Å². The molecule has 198 valence electrons. The van der Waals surface area contributed by atoms with Gasteiger partial charge >= 0.3 is 0 Å². The fraction of sp³-hybridized carbons (Fsp3) is 0. The second-order valence-corrected chi connectivity index (χ2v) is 10.6. The zero-order valence-electron chi connectivity index (χ0n) is 23.4. The summed E-state index contributed by atoms with van der Waals surface area (Å²) in [6, 6.07) is 50.6. The topological polar surface area (TPSA) is 0 Å². The molecule has 0 unspecified atom stereocenters. The summed E-state index contributed by atoms with van der Waals surface area (Å²) in [6.45, 7) is 7.91. The van der Waals surface area contributed by atoms with Crippen molar-refractivity contribution >= 4 is 37.9 Å². The van der Waals surface area contributed by atoms with Crippen LogP contribution in [0.25, 0.3) is 71.3 Å². The Balaban J connectivity index is 1.44. The molecular formula is C42H30. The lowest BCUT2D eigenvalue weighted by molar-refractivity contribution is 1.60. The number of benzene rings is 7. The largest absolute Gasteiger partial charge is 0.0990 e. The Kier molecular flexibility index (Phi) is 6.58. The van der Waals surface area contributed by atoms with Gasteiger partial charge in [-0.05, 0) is 82.9 Å². The Morgan fingerprint density at radius 3 is 1.60 bits per heavy atom. The number of rotatable bonds is 6. The first kappa shape index (κ1) is 25.5. The average Bonchev–Trinajstić information content (AvgIpc) is 3.06. The number of fused-ring (bicyclic) bond motifs is 3. The molecule has 42 heavy (non-hydrogen) atoms. The molecule has 0 atom stereocenters. The summed E-state index contributed by atoms with van der Waals surface area (Å²) in [5.41, 5.74) is 9.60. The lowest BCUT2D eigenvalue weighted by Gasteiger charge is -2.18. The maximum Gasteiger partial charge on any atom is -0.00262 e. The molecule has 0 aliphatic heterocycles. The molecule has 7 aromatic rings. The summed E-state index contributed by atoms with van der Waals surface area (Å²) in [4.78, 5) is 0. The third kappa shape index (κ3) is 4.35. The van der Waals surface area contributed by atoms with Crippen LogP contribution in [0.3, 0.4) is 0 Å². The summed E-state index contributed by atoms with van der Waals surface area (Å²) in [5.74, 6) is 0. The molecule has 0 heteroatoms. The van der Waals surface area contributed by atoms with E-state index in [4.69, 9.17) is 0 Å². The van der Waals surface area contributed by atoms with Crippen LogP contribution >= 0.6 is 0 Å². The second kappa shape index (κ2) is 10.8. The van der Waals surface area contributed by atoms with Crippen molar-refractivity contribution < 1.29 is 0 Å². The Hall–Kier alpha value is -5.46. The van der Waals surface area contributed by atoms with Crippen molar-refractivity contribution in [1.82, 2.24) is 0 Å². The van der Waals surface area contributed by atoms with Crippen molar-refractivity contribution in [1.29, 1.82) is 0 Å². The van der Waals surface area contributed by atoms with E-state index in [9.17, 15) is 0 Å². The van der Waals surface area contributed by atoms with Gasteiger partial charge in [0.1, 0.15) is 0 Å². The highest BCUT2D eigenvalue weighted by molar-refractivity contribution is 6.21. The first-order chi connectivity index (χ1) is 20.8. The van der Waals surface area contributed by atoms with E-state index in [2.05, 4.69) is 153 Å². The van der Waals surface area contributed by atoms with Gasteiger partial charge in [-0.3, -0.25) is 0 Å². The van der Waals surface area contributed by atoms with E-state index < -0.39 is 0 Å². The molecule has 0 spiro atoms. The molecule has 0 heterocycles. The van der Waals surface area contributed by atoms with E-state index in [1.165, 1.54) is 65.7 Å². The van der Waals surface area contributed by atoms with Crippen molar-refractivity contribution in [2.45, 2.75) is 0 Å². The first-order valence-corrected chi connectivity index (χ1v) is 14.3. The lowest BCUT2D eigenvalue weighted by atomic mass is 9.85. The molecule has 0 fully saturated rings. The first-order valence-electron chi connectivity index (χ1n) is 14.3. The maximum absolute atomic E-state index is 4.03. The molecule has 0 aliphatic carbocycles. The van der Waals surface area contributed by atoms with Gasteiger partial charge in [0.2, 0.25) is 0 Å². The van der Waals surface area contributed by atoms with Gasteiger partial charge in [0.15, 0.2) is 0 Å². The minimum Gasteiger partial charge on any atom is -0.0990 e. The van der Waals surface area contributed by atoms with Gasteiger partial charge in [-0.25, -0.2) is 0 Å². The third-order valence-electron chi connectivity index (χ3n) is 8.21. The van der Waals surface area contributed by atoms with E-state index in [-0.39, 0.29) is 0 Å². The minimum atomic E-state index is 1.06. The zero-order valence-corrected chi connectivity index (χ0v) is 23.4. The smallest absolute Gasteiger partial charge is 0.00262 e. The van der Waals surface area contributed by atoms with Crippen molar-refractivity contribution in [3.63, 3.8) is 0 Å². The van der Waals surface area contributed by atoms with Gasteiger partial charge in [-0.1, -0.05) is 165 Å². The molecule has 0 nitrogen and oxygen atoms in total. The molecule has 0 saturated heterocycles. The molecule has 0 aliphatic rings. The Labute approximate surface area is 247 Å². The van der Waals surface area contributed by atoms with Gasteiger partial charge in [0.25, 0.3) is 0 Å². The molecular weight excluding hydrogens is 504 g/mol. The van der Waals surface area contributed by atoms with Crippen LogP contribution in [0.2, 0.25) is 0 Å². The highest BCUT2D eigenvalue weighted by Gasteiger charge is 2.17. The quantitative estimate of drug-likeness (QED) is 0.147. The van der Waals surface area contributed by atoms with Gasteiger partial charge in [-0.2, -0.15) is 0 Å². The van der Waals surface area contributed by atoms with Crippen LogP contribution in [-0.4, -0.2) is 0 Å². The van der Waals surface area contributed by atoms with Gasteiger partial charge in [0.05, 0.1) is 0 Å². The fourth-order valence-electron chi connectivity index (χ4n) is 6.31. The molecule has 0 N–H and O–H groups in total. The monoisotopic (exact) mass is 534 g/mol. The van der Waals surface area contributed by atoms with Gasteiger partial charge in [0, 0.05) is 0 Å². The van der Waals surface area contributed by atoms with Crippen LogP contribution in [0.1, 0.15) is 5.56 Å². The van der Waals surface area contributed by atoms with Crippen LogP contribution in [-0.2, 0) is 0 Å². The third-order valence-corrected chi connectivity index (χ3v) is 8.21. The molecule has 0 aromatic heterocycles. The van der Waals surface area contributed by atoms with Crippen molar-refractivity contribution in [2.75, 3.05) is 0 Å². The average molecular weight is 535 g/mol. The molecule has 0 amide bonds. The SMILES string of the molecule is C=C/C=C(\C=C)c1cccc(-c2c3ccccc3c(-c3ccc(-c4cccc5ccccc45)cc3)c3ccccc23)c1. The number of allylic oxidation sites excluding steroid dienone is 4. The van der Waals surface area contributed by atoms with Crippen molar-refractivity contribution in [3.05, 3.63) is 176 Å². The molecule has 7 aromatic carbocycles. The van der Waals surface area contributed by atoms with Gasteiger partial charge in [-0.15, -0.1) is 0 Å². The Bertz CT molecular complexity index is 2090. The predicted octanol–water partition coefficient (Wildman–Crippen LogP) is 11.9. The standard InChI is InChI=1S/C42H30/c1-3-13-29(4-2)33-16-11-17-34(28-33)42-39-21-9-7-19-37(39)41(38-20-8-10-22-40(38)42)32-26-24-31(25-27-32)36-23-12-15-30-14-5-6-18-35(30)36/h3-28H,1-2H2/b29-13+. The van der Waals surface area contributed by atoms with Crippen molar-refractivity contribution in [2.24, 2.45) is 0 Å². The summed E-state index contributed by atoms with van der Waals surface area (Å²) in [5, 5.41) is 7.53. The van der Waals surface area contributed by atoms with Crippen LogP contribution in [0, 0.1) is 0 Å². The molecule has 0 saturated carbocycles. The second-order valence-electron chi connectivity index (χ2n) is 10.6. The highest BCUT2D eigenvalue weighted by atomic mass is 14.2. The van der Waals surface area contributed by atoms with E-state index >= 15 is 0 Å². The van der Waals surface area contributed by atoms with E-state index in [0.29, 0.717) is 0 Å². The van der Waals surface area contributed by atoms with Crippen molar-refractivity contribution in [3.8, 4) is 33.4 Å². The minimum absolute atomic E-state index is 1.06. The summed E-state index contributed by atoms with van der Waals surface area (Å²) in [7, 11) is 0. The number of hydrogen-bond donors (Lipinski definition) is 0.